The van der Waals surface area contributed by atoms with Crippen LogP contribution in [0.25, 0.3) is 4.85 Å². The molecule has 5 rings (SSSR count). The van der Waals surface area contributed by atoms with Crippen molar-refractivity contribution in [2.24, 2.45) is 0 Å². The van der Waals surface area contributed by atoms with Crippen LogP contribution in [-0.4, -0.2) is 26.3 Å². The van der Waals surface area contributed by atoms with Crippen LogP contribution in [0.4, 0.5) is 17.1 Å². The number of benzene rings is 4. The SMILES string of the molecule is [C-]#[N+]c1ccc(CN(Cc2ccc(Oc3cccc(OCCc4cccnc4)c3)cc2)c2cccc(NS(C)(=O)=O)c2)cc1. The van der Waals surface area contributed by atoms with E-state index < -0.39 is 10.0 Å². The lowest BCUT2D eigenvalue weighted by Gasteiger charge is -2.26. The van der Waals surface area contributed by atoms with Gasteiger partial charge in [-0.05, 0) is 65.2 Å². The first kappa shape index (κ1) is 30.1. The van der Waals surface area contributed by atoms with E-state index in [-0.39, 0.29) is 0 Å². The van der Waals surface area contributed by atoms with E-state index in [1.165, 1.54) is 0 Å². The quantitative estimate of drug-likeness (QED) is 0.139. The second-order valence-electron chi connectivity index (χ2n) is 10.2. The maximum Gasteiger partial charge on any atom is 0.229 e. The van der Waals surface area contributed by atoms with Crippen molar-refractivity contribution in [2.75, 3.05) is 22.5 Å². The fourth-order valence-electron chi connectivity index (χ4n) is 4.59. The molecule has 4 aromatic carbocycles. The number of hydrogen-bond acceptors (Lipinski definition) is 6. The number of aromatic nitrogens is 1. The molecule has 0 radical (unpaired) electrons. The lowest BCUT2D eigenvalue weighted by atomic mass is 10.1. The Bertz CT molecular complexity index is 1820. The van der Waals surface area contributed by atoms with E-state index in [9.17, 15) is 8.42 Å². The van der Waals surface area contributed by atoms with Crippen molar-refractivity contribution in [2.45, 2.75) is 19.5 Å². The highest BCUT2D eigenvalue weighted by Gasteiger charge is 2.12. The zero-order valence-corrected chi connectivity index (χ0v) is 25.1. The highest BCUT2D eigenvalue weighted by molar-refractivity contribution is 7.92. The maximum atomic E-state index is 11.8. The molecule has 0 fully saturated rings. The Kier molecular flexibility index (Phi) is 9.74. The van der Waals surface area contributed by atoms with E-state index in [4.69, 9.17) is 16.0 Å². The van der Waals surface area contributed by atoms with Gasteiger partial charge in [0.15, 0.2) is 5.69 Å². The predicted octanol–water partition coefficient (Wildman–Crippen LogP) is 7.62. The van der Waals surface area contributed by atoms with Crippen molar-refractivity contribution in [3.8, 4) is 17.2 Å². The average molecular weight is 605 g/mol. The van der Waals surface area contributed by atoms with Crippen LogP contribution in [0, 0.1) is 6.57 Å². The Morgan fingerprint density at radius 3 is 2.18 bits per heavy atom. The molecule has 0 aliphatic carbocycles. The predicted molar refractivity (Wildman–Crippen MR) is 174 cm³/mol. The van der Waals surface area contributed by atoms with Gasteiger partial charge in [0, 0.05) is 43.7 Å². The van der Waals surface area contributed by atoms with Crippen LogP contribution in [0.2, 0.25) is 0 Å². The first-order valence-corrected chi connectivity index (χ1v) is 15.9. The summed E-state index contributed by atoms with van der Waals surface area (Å²) in [6.45, 7) is 8.89. The minimum absolute atomic E-state index is 0.491. The molecule has 44 heavy (non-hydrogen) atoms. The summed E-state index contributed by atoms with van der Waals surface area (Å²) in [7, 11) is -3.42. The Hall–Kier alpha value is -5.33. The van der Waals surface area contributed by atoms with Crippen molar-refractivity contribution >= 4 is 27.1 Å². The molecule has 222 valence electrons. The number of anilines is 2. The number of nitrogens with zero attached hydrogens (tertiary/aromatic N) is 3. The van der Waals surface area contributed by atoms with Gasteiger partial charge >= 0.3 is 0 Å². The molecule has 0 unspecified atom stereocenters. The van der Waals surface area contributed by atoms with E-state index in [0.29, 0.717) is 42.6 Å². The molecule has 0 saturated heterocycles. The largest absolute Gasteiger partial charge is 0.493 e. The molecular weight excluding hydrogens is 572 g/mol. The summed E-state index contributed by atoms with van der Waals surface area (Å²) in [5.74, 6) is 2.11. The minimum atomic E-state index is -3.42. The number of nitrogens with one attached hydrogen (secondary N) is 1. The smallest absolute Gasteiger partial charge is 0.229 e. The Morgan fingerprint density at radius 1 is 0.795 bits per heavy atom. The van der Waals surface area contributed by atoms with Gasteiger partial charge in [0.2, 0.25) is 10.0 Å². The standard InChI is InChI=1S/C35H32N4O4S/c1-36-30-15-11-28(12-16-30)25-39(32-8-3-7-31(22-32)38-44(2,40)41)26-29-13-17-33(18-14-29)43-35-10-4-9-34(23-35)42-21-19-27-6-5-20-37-24-27/h3-18,20,22-24,38H,19,21,25-26H2,2H3. The fourth-order valence-corrected chi connectivity index (χ4v) is 5.15. The average Bonchev–Trinajstić information content (AvgIpc) is 3.02. The summed E-state index contributed by atoms with van der Waals surface area (Å²) < 4.78 is 38.3. The van der Waals surface area contributed by atoms with Crippen LogP contribution < -0.4 is 19.1 Å². The molecule has 5 aromatic rings. The fraction of sp³-hybridized carbons (Fsp3) is 0.143. The van der Waals surface area contributed by atoms with Gasteiger partial charge in [0.05, 0.1) is 25.1 Å². The number of sulfonamides is 1. The molecule has 1 aromatic heterocycles. The summed E-state index contributed by atoms with van der Waals surface area (Å²) in [4.78, 5) is 9.77. The molecule has 9 heteroatoms. The van der Waals surface area contributed by atoms with E-state index in [0.717, 1.165) is 40.8 Å². The van der Waals surface area contributed by atoms with E-state index in [1.807, 2.05) is 97.2 Å². The zero-order valence-electron chi connectivity index (χ0n) is 24.3. The van der Waals surface area contributed by atoms with Crippen molar-refractivity contribution in [1.29, 1.82) is 0 Å². The number of pyridine rings is 1. The second-order valence-corrected chi connectivity index (χ2v) is 12.0. The molecule has 0 amide bonds. The van der Waals surface area contributed by atoms with Gasteiger partial charge in [-0.3, -0.25) is 9.71 Å². The zero-order chi connectivity index (χ0) is 30.8. The number of ether oxygens (including phenoxy) is 2. The van der Waals surface area contributed by atoms with Crippen LogP contribution in [-0.2, 0) is 29.5 Å². The lowest BCUT2D eigenvalue weighted by molar-refractivity contribution is 0.320. The highest BCUT2D eigenvalue weighted by Crippen LogP contribution is 2.28. The van der Waals surface area contributed by atoms with E-state index in [1.54, 1.807) is 24.4 Å². The maximum absolute atomic E-state index is 11.8. The molecule has 1 N–H and O–H groups in total. The van der Waals surface area contributed by atoms with Gasteiger partial charge in [0.25, 0.3) is 0 Å². The van der Waals surface area contributed by atoms with Crippen LogP contribution >= 0.6 is 0 Å². The summed E-state index contributed by atoms with van der Waals surface area (Å²) in [6, 6.07) is 34.2. The van der Waals surface area contributed by atoms with Gasteiger partial charge < -0.3 is 14.4 Å². The summed E-state index contributed by atoms with van der Waals surface area (Å²) in [6.07, 6.45) is 5.49. The van der Waals surface area contributed by atoms with Crippen LogP contribution in [0.15, 0.2) is 122 Å². The normalized spacial score (nSPS) is 10.9. The first-order valence-electron chi connectivity index (χ1n) is 14.0. The van der Waals surface area contributed by atoms with Gasteiger partial charge in [0.1, 0.15) is 17.2 Å². The third-order valence-corrected chi connectivity index (χ3v) is 7.28. The molecule has 0 spiro atoms. The molecule has 8 nitrogen and oxygen atoms in total. The lowest BCUT2D eigenvalue weighted by Crippen LogP contribution is -2.22. The number of hydrogen-bond donors (Lipinski definition) is 1. The molecule has 0 atom stereocenters. The van der Waals surface area contributed by atoms with Gasteiger partial charge in [-0.2, -0.15) is 0 Å². The molecule has 1 heterocycles. The minimum Gasteiger partial charge on any atom is -0.493 e. The van der Waals surface area contributed by atoms with Crippen molar-refractivity contribution in [3.05, 3.63) is 150 Å². The third-order valence-electron chi connectivity index (χ3n) is 6.67. The monoisotopic (exact) mass is 604 g/mol. The number of rotatable bonds is 13. The van der Waals surface area contributed by atoms with Gasteiger partial charge in [-0.15, -0.1) is 0 Å². The van der Waals surface area contributed by atoms with Crippen LogP contribution in [0.3, 0.4) is 0 Å². The molecular formula is C35H32N4O4S. The Labute approximate surface area is 258 Å². The Balaban J connectivity index is 1.27. The molecule has 0 bridgehead atoms. The summed E-state index contributed by atoms with van der Waals surface area (Å²) in [5, 5.41) is 0. The van der Waals surface area contributed by atoms with Crippen molar-refractivity contribution in [3.63, 3.8) is 0 Å². The third kappa shape index (κ3) is 9.08. The van der Waals surface area contributed by atoms with Crippen molar-refractivity contribution in [1.82, 2.24) is 4.98 Å². The van der Waals surface area contributed by atoms with E-state index >= 15 is 0 Å². The molecule has 0 aliphatic heterocycles. The van der Waals surface area contributed by atoms with Crippen molar-refractivity contribution < 1.29 is 17.9 Å². The topological polar surface area (TPSA) is 85.1 Å². The van der Waals surface area contributed by atoms with Gasteiger partial charge in [-0.1, -0.05) is 54.6 Å². The van der Waals surface area contributed by atoms with E-state index in [2.05, 4.69) is 19.5 Å². The van der Waals surface area contributed by atoms with Crippen LogP contribution in [0.5, 0.6) is 17.2 Å². The van der Waals surface area contributed by atoms with Gasteiger partial charge in [-0.25, -0.2) is 13.3 Å². The summed E-state index contributed by atoms with van der Waals surface area (Å²) in [5.41, 5.74) is 5.12. The second kappa shape index (κ2) is 14.2. The Morgan fingerprint density at radius 2 is 1.50 bits per heavy atom. The molecule has 0 aliphatic rings. The molecule has 0 saturated carbocycles. The first-order chi connectivity index (χ1) is 21.3. The van der Waals surface area contributed by atoms with Crippen LogP contribution in [0.1, 0.15) is 16.7 Å². The highest BCUT2D eigenvalue weighted by atomic mass is 32.2. The summed E-state index contributed by atoms with van der Waals surface area (Å²) >= 11 is 0.